The van der Waals surface area contributed by atoms with Gasteiger partial charge in [-0.3, -0.25) is 9.59 Å². The van der Waals surface area contributed by atoms with E-state index in [4.69, 9.17) is 0 Å². The van der Waals surface area contributed by atoms with Crippen LogP contribution in [0.4, 0.5) is 11.5 Å². The minimum atomic E-state index is -0.145. The van der Waals surface area contributed by atoms with Crippen molar-refractivity contribution in [3.8, 4) is 11.1 Å². The Morgan fingerprint density at radius 2 is 1.44 bits per heavy atom. The van der Waals surface area contributed by atoms with Crippen LogP contribution in [0.2, 0.25) is 0 Å². The van der Waals surface area contributed by atoms with E-state index in [1.165, 1.54) is 5.56 Å². The molecular formula is C28H19N3O2S. The molecule has 0 radical (unpaired) electrons. The topological polar surface area (TPSA) is 72.0 Å². The lowest BCUT2D eigenvalue weighted by molar-refractivity contribution is 0.0979. The predicted molar refractivity (Wildman–Crippen MR) is 135 cm³/mol. The summed E-state index contributed by atoms with van der Waals surface area (Å²) in [6.45, 7) is 4.16. The van der Waals surface area contributed by atoms with Gasteiger partial charge in [0.1, 0.15) is 17.0 Å². The Morgan fingerprint density at radius 1 is 0.765 bits per heavy atom. The largest absolute Gasteiger partial charge is 0.340 e. The molecule has 6 heteroatoms. The molecule has 0 fully saturated rings. The molecule has 34 heavy (non-hydrogen) atoms. The highest BCUT2D eigenvalue weighted by Crippen LogP contribution is 2.41. The van der Waals surface area contributed by atoms with Gasteiger partial charge in [0, 0.05) is 38.4 Å². The third-order valence-corrected chi connectivity index (χ3v) is 7.21. The Hall–Kier alpha value is -4.16. The van der Waals surface area contributed by atoms with E-state index >= 15 is 0 Å². The van der Waals surface area contributed by atoms with Crippen molar-refractivity contribution in [3.63, 3.8) is 0 Å². The van der Waals surface area contributed by atoms with Crippen LogP contribution in [0.25, 0.3) is 21.3 Å². The van der Waals surface area contributed by atoms with E-state index in [-0.39, 0.29) is 11.6 Å². The van der Waals surface area contributed by atoms with E-state index in [9.17, 15) is 9.59 Å². The molecule has 0 saturated carbocycles. The number of anilines is 2. The SMILES string of the molecule is Cc1ccc(-c2c(C)sc3ncnc(Nc4ccc5c(c4)C(=O)c4ccccc4C5=O)c23)cc1. The van der Waals surface area contributed by atoms with Crippen LogP contribution < -0.4 is 5.32 Å². The van der Waals surface area contributed by atoms with Crippen LogP contribution >= 0.6 is 11.3 Å². The van der Waals surface area contributed by atoms with E-state index in [2.05, 4.69) is 53.4 Å². The van der Waals surface area contributed by atoms with Crippen LogP contribution in [0.3, 0.4) is 0 Å². The standard InChI is InChI=1S/C28H19N3O2S/c1-15-7-9-17(10-8-15)23-16(2)34-28-24(23)27(29-14-30-28)31-18-11-12-21-22(13-18)26(33)20-6-4-3-5-19(20)25(21)32/h3-14H,1-2H3,(H,29,30,31). The normalized spacial score (nSPS) is 12.5. The number of carbonyl (C=O) groups is 2. The number of aryl methyl sites for hydroxylation is 2. The highest BCUT2D eigenvalue weighted by Gasteiger charge is 2.29. The van der Waals surface area contributed by atoms with Crippen molar-refractivity contribution in [2.24, 2.45) is 0 Å². The summed E-state index contributed by atoms with van der Waals surface area (Å²) >= 11 is 1.63. The molecule has 1 N–H and O–H groups in total. The van der Waals surface area contributed by atoms with Gasteiger partial charge in [-0.2, -0.15) is 0 Å². The summed E-state index contributed by atoms with van der Waals surface area (Å²) in [7, 11) is 0. The van der Waals surface area contributed by atoms with Gasteiger partial charge in [-0.15, -0.1) is 11.3 Å². The van der Waals surface area contributed by atoms with E-state index in [0.29, 0.717) is 33.8 Å². The number of hydrogen-bond donors (Lipinski definition) is 1. The second-order valence-electron chi connectivity index (χ2n) is 8.39. The molecule has 0 aliphatic heterocycles. The molecule has 1 aliphatic rings. The molecule has 3 aromatic carbocycles. The monoisotopic (exact) mass is 461 g/mol. The number of fused-ring (bicyclic) bond motifs is 3. The highest BCUT2D eigenvalue weighted by atomic mass is 32.1. The average Bonchev–Trinajstić information content (AvgIpc) is 3.20. The molecule has 1 aliphatic carbocycles. The molecule has 2 aromatic heterocycles. The Kier molecular flexibility index (Phi) is 4.64. The lowest BCUT2D eigenvalue weighted by Gasteiger charge is -2.18. The highest BCUT2D eigenvalue weighted by molar-refractivity contribution is 7.19. The summed E-state index contributed by atoms with van der Waals surface area (Å²) in [5.74, 6) is 0.393. The fourth-order valence-corrected chi connectivity index (χ4v) is 5.53. The number of ketones is 2. The number of hydrogen-bond acceptors (Lipinski definition) is 6. The summed E-state index contributed by atoms with van der Waals surface area (Å²) in [5.41, 5.74) is 5.82. The fourth-order valence-electron chi connectivity index (χ4n) is 4.52. The number of thiophene rings is 1. The van der Waals surface area contributed by atoms with E-state index in [1.807, 2.05) is 6.07 Å². The van der Waals surface area contributed by atoms with E-state index < -0.39 is 0 Å². The smallest absolute Gasteiger partial charge is 0.194 e. The van der Waals surface area contributed by atoms with Crippen molar-refractivity contribution < 1.29 is 9.59 Å². The maximum absolute atomic E-state index is 13.1. The van der Waals surface area contributed by atoms with Crippen molar-refractivity contribution in [2.45, 2.75) is 13.8 Å². The number of benzene rings is 3. The lowest BCUT2D eigenvalue weighted by atomic mass is 9.84. The molecule has 2 heterocycles. The molecule has 0 atom stereocenters. The first kappa shape index (κ1) is 20.4. The first-order valence-corrected chi connectivity index (χ1v) is 11.7. The van der Waals surface area contributed by atoms with Gasteiger partial charge < -0.3 is 5.32 Å². The van der Waals surface area contributed by atoms with Crippen LogP contribution in [-0.2, 0) is 0 Å². The third-order valence-electron chi connectivity index (χ3n) is 6.19. The zero-order valence-electron chi connectivity index (χ0n) is 18.5. The Morgan fingerprint density at radius 3 is 2.18 bits per heavy atom. The molecular weight excluding hydrogens is 442 g/mol. The quantitative estimate of drug-likeness (QED) is 0.326. The molecule has 5 nitrogen and oxygen atoms in total. The van der Waals surface area contributed by atoms with Gasteiger partial charge in [-0.25, -0.2) is 9.97 Å². The van der Waals surface area contributed by atoms with Crippen LogP contribution in [0.1, 0.15) is 42.3 Å². The van der Waals surface area contributed by atoms with Crippen LogP contribution in [0.5, 0.6) is 0 Å². The second-order valence-corrected chi connectivity index (χ2v) is 9.59. The lowest BCUT2D eigenvalue weighted by Crippen LogP contribution is -2.20. The number of nitrogens with zero attached hydrogens (tertiary/aromatic N) is 2. The molecule has 0 amide bonds. The minimum Gasteiger partial charge on any atom is -0.340 e. The van der Waals surface area contributed by atoms with Crippen LogP contribution in [0, 0.1) is 13.8 Å². The predicted octanol–water partition coefficient (Wildman–Crippen LogP) is 6.49. The fraction of sp³-hybridized carbons (Fsp3) is 0.0714. The Bertz CT molecular complexity index is 1630. The van der Waals surface area contributed by atoms with Gasteiger partial charge in [0.25, 0.3) is 0 Å². The zero-order valence-corrected chi connectivity index (χ0v) is 19.4. The van der Waals surface area contributed by atoms with Crippen LogP contribution in [0.15, 0.2) is 73.1 Å². The maximum atomic E-state index is 13.1. The summed E-state index contributed by atoms with van der Waals surface area (Å²) < 4.78 is 0. The van der Waals surface area contributed by atoms with Crippen LogP contribution in [-0.4, -0.2) is 21.5 Å². The molecule has 5 aromatic rings. The number of carbonyl (C=O) groups excluding carboxylic acids is 2. The van der Waals surface area contributed by atoms with E-state index in [1.54, 1.807) is 54.1 Å². The van der Waals surface area contributed by atoms with Gasteiger partial charge in [0.2, 0.25) is 0 Å². The van der Waals surface area contributed by atoms with Gasteiger partial charge >= 0.3 is 0 Å². The molecule has 0 spiro atoms. The van der Waals surface area contributed by atoms with Gasteiger partial charge in [-0.1, -0.05) is 54.1 Å². The summed E-state index contributed by atoms with van der Waals surface area (Å²) in [6.07, 6.45) is 1.54. The molecule has 0 saturated heterocycles. The number of aromatic nitrogens is 2. The van der Waals surface area contributed by atoms with Crippen molar-refractivity contribution in [2.75, 3.05) is 5.32 Å². The van der Waals surface area contributed by atoms with Gasteiger partial charge in [0.15, 0.2) is 11.6 Å². The summed E-state index contributed by atoms with van der Waals surface area (Å²) in [5, 5.41) is 4.33. The molecule has 6 rings (SSSR count). The zero-order chi connectivity index (χ0) is 23.4. The van der Waals surface area contributed by atoms with Crippen molar-refractivity contribution >= 4 is 44.6 Å². The number of rotatable bonds is 3. The van der Waals surface area contributed by atoms with Crippen molar-refractivity contribution in [1.29, 1.82) is 0 Å². The second kappa shape index (κ2) is 7.71. The maximum Gasteiger partial charge on any atom is 0.194 e. The average molecular weight is 462 g/mol. The summed E-state index contributed by atoms with van der Waals surface area (Å²) in [4.78, 5) is 37.1. The first-order chi connectivity index (χ1) is 16.5. The Labute approximate surface area is 200 Å². The first-order valence-electron chi connectivity index (χ1n) is 10.9. The summed E-state index contributed by atoms with van der Waals surface area (Å²) in [6, 6.07) is 20.6. The third kappa shape index (κ3) is 3.15. The molecule has 0 unspecified atom stereocenters. The molecule has 0 bridgehead atoms. The number of nitrogens with one attached hydrogen (secondary N) is 1. The van der Waals surface area contributed by atoms with Crippen molar-refractivity contribution in [1.82, 2.24) is 9.97 Å². The van der Waals surface area contributed by atoms with Crippen molar-refractivity contribution in [3.05, 3.63) is 106 Å². The van der Waals surface area contributed by atoms with Gasteiger partial charge in [-0.05, 0) is 37.6 Å². The van der Waals surface area contributed by atoms with E-state index in [0.717, 1.165) is 26.2 Å². The minimum absolute atomic E-state index is 0.128. The molecule has 164 valence electrons. The Balaban J connectivity index is 1.45. The van der Waals surface area contributed by atoms with Gasteiger partial charge in [0.05, 0.1) is 5.39 Å².